The van der Waals surface area contributed by atoms with Gasteiger partial charge in [-0.1, -0.05) is 31.5 Å². The van der Waals surface area contributed by atoms with Crippen LogP contribution in [0.4, 0.5) is 0 Å². The first kappa shape index (κ1) is 21.8. The first-order chi connectivity index (χ1) is 15.7. The Bertz CT molecular complexity index is 1170. The molecule has 3 aromatic rings. The molecule has 3 N–H and O–H groups in total. The van der Waals surface area contributed by atoms with Crippen LogP contribution in [0.2, 0.25) is 0 Å². The van der Waals surface area contributed by atoms with Crippen LogP contribution >= 0.6 is 11.8 Å². The lowest BCUT2D eigenvalue weighted by Gasteiger charge is -2.25. The second kappa shape index (κ2) is 9.79. The lowest BCUT2D eigenvalue weighted by atomic mass is 9.83. The van der Waals surface area contributed by atoms with Crippen molar-refractivity contribution in [1.29, 1.82) is 5.26 Å². The van der Waals surface area contributed by atoms with Crippen LogP contribution in [-0.4, -0.2) is 22.3 Å². The first-order valence-electron chi connectivity index (χ1n) is 10.5. The molecule has 1 aliphatic rings. The number of aromatic nitrogens is 3. The van der Waals surface area contributed by atoms with Crippen molar-refractivity contribution in [3.05, 3.63) is 76.4 Å². The molecule has 32 heavy (non-hydrogen) atoms. The monoisotopic (exact) mass is 447 g/mol. The van der Waals surface area contributed by atoms with Gasteiger partial charge in [-0.25, -0.2) is 4.98 Å². The normalized spacial score (nSPS) is 15.1. The standard InChI is InChI=1S/C24H25N5O2S/c1-3-4-7-18-22-21(17(13-25)23(26)31-24(22)29-28-18)15-9-10-19(30-2)16(12-15)14-32-20-8-5-6-11-27-20/h5-6,8-12,21H,3-4,7,14,26H2,1-2H3,(H,28,29). The largest absolute Gasteiger partial charge is 0.496 e. The summed E-state index contributed by atoms with van der Waals surface area (Å²) in [7, 11) is 1.66. The number of ether oxygens (including phenoxy) is 2. The van der Waals surface area contributed by atoms with E-state index in [-0.39, 0.29) is 11.8 Å². The third-order valence-corrected chi connectivity index (χ3v) is 6.44. The maximum Gasteiger partial charge on any atom is 0.244 e. The Morgan fingerprint density at radius 3 is 2.91 bits per heavy atom. The molecule has 0 bridgehead atoms. The molecule has 1 aromatic carbocycles. The number of hydrogen-bond donors (Lipinski definition) is 2. The van der Waals surface area contributed by atoms with E-state index in [1.165, 1.54) is 0 Å². The summed E-state index contributed by atoms with van der Waals surface area (Å²) in [6, 6.07) is 14.1. The highest BCUT2D eigenvalue weighted by atomic mass is 32.2. The Morgan fingerprint density at radius 1 is 1.31 bits per heavy atom. The molecule has 4 rings (SSSR count). The fourth-order valence-corrected chi connectivity index (χ4v) is 4.70. The second-order valence-corrected chi connectivity index (χ2v) is 8.47. The van der Waals surface area contributed by atoms with E-state index in [2.05, 4.69) is 34.2 Å². The number of unbranched alkanes of at least 4 members (excludes halogenated alkanes) is 1. The molecule has 164 valence electrons. The van der Waals surface area contributed by atoms with E-state index in [4.69, 9.17) is 15.2 Å². The number of aromatic amines is 1. The van der Waals surface area contributed by atoms with E-state index >= 15 is 0 Å². The number of aryl methyl sites for hydroxylation is 1. The van der Waals surface area contributed by atoms with Crippen LogP contribution in [0.3, 0.4) is 0 Å². The van der Waals surface area contributed by atoms with Crippen molar-refractivity contribution in [3.63, 3.8) is 0 Å². The van der Waals surface area contributed by atoms with E-state index in [1.807, 2.05) is 30.3 Å². The zero-order valence-corrected chi connectivity index (χ0v) is 18.9. The number of hydrogen-bond acceptors (Lipinski definition) is 7. The number of benzene rings is 1. The summed E-state index contributed by atoms with van der Waals surface area (Å²) < 4.78 is 11.3. The van der Waals surface area contributed by atoms with Gasteiger partial charge in [0.1, 0.15) is 17.4 Å². The van der Waals surface area contributed by atoms with Gasteiger partial charge in [0.15, 0.2) is 0 Å². The van der Waals surface area contributed by atoms with E-state index in [0.29, 0.717) is 17.2 Å². The van der Waals surface area contributed by atoms with E-state index in [1.54, 1.807) is 25.1 Å². The Balaban J connectivity index is 1.74. The summed E-state index contributed by atoms with van der Waals surface area (Å²) in [5.41, 5.74) is 10.3. The fraction of sp³-hybridized carbons (Fsp3) is 0.292. The molecular weight excluding hydrogens is 422 g/mol. The molecule has 0 amide bonds. The number of nitrogens with two attached hydrogens (primary N) is 1. The highest BCUT2D eigenvalue weighted by Gasteiger charge is 2.35. The van der Waals surface area contributed by atoms with Crippen molar-refractivity contribution in [3.8, 4) is 17.7 Å². The number of thioether (sulfide) groups is 1. The van der Waals surface area contributed by atoms with Crippen molar-refractivity contribution >= 4 is 11.8 Å². The van der Waals surface area contributed by atoms with Crippen LogP contribution in [0.25, 0.3) is 0 Å². The second-order valence-electron chi connectivity index (χ2n) is 7.48. The smallest absolute Gasteiger partial charge is 0.244 e. The fourth-order valence-electron chi connectivity index (χ4n) is 3.86. The Kier molecular flexibility index (Phi) is 6.66. The molecule has 7 nitrogen and oxygen atoms in total. The van der Waals surface area contributed by atoms with Gasteiger partial charge in [-0.05, 0) is 36.6 Å². The predicted molar refractivity (Wildman–Crippen MR) is 123 cm³/mol. The summed E-state index contributed by atoms with van der Waals surface area (Å²) in [5.74, 6) is 1.66. The first-order valence-corrected chi connectivity index (χ1v) is 11.5. The maximum atomic E-state index is 9.91. The number of methoxy groups -OCH3 is 1. The van der Waals surface area contributed by atoms with Crippen LogP contribution in [0.5, 0.6) is 11.6 Å². The van der Waals surface area contributed by atoms with Crippen LogP contribution in [0, 0.1) is 11.3 Å². The van der Waals surface area contributed by atoms with Crippen molar-refractivity contribution in [2.75, 3.05) is 7.11 Å². The molecule has 0 radical (unpaired) electrons. The van der Waals surface area contributed by atoms with Crippen LogP contribution in [0.15, 0.2) is 59.1 Å². The van der Waals surface area contributed by atoms with Gasteiger partial charge in [0, 0.05) is 28.8 Å². The van der Waals surface area contributed by atoms with Crippen molar-refractivity contribution in [2.24, 2.45) is 5.73 Å². The van der Waals surface area contributed by atoms with Gasteiger partial charge < -0.3 is 15.2 Å². The average molecular weight is 448 g/mol. The molecule has 0 fully saturated rings. The van der Waals surface area contributed by atoms with Gasteiger partial charge in [-0.3, -0.25) is 5.10 Å². The quantitative estimate of drug-likeness (QED) is 0.483. The number of nitriles is 1. The molecule has 0 saturated heterocycles. The zero-order valence-electron chi connectivity index (χ0n) is 18.1. The molecule has 1 unspecified atom stereocenters. The van der Waals surface area contributed by atoms with Gasteiger partial charge in [0.2, 0.25) is 11.8 Å². The molecule has 0 spiro atoms. The minimum absolute atomic E-state index is 0.0961. The van der Waals surface area contributed by atoms with Gasteiger partial charge in [0.25, 0.3) is 0 Å². The Labute approximate surface area is 191 Å². The predicted octanol–water partition coefficient (Wildman–Crippen LogP) is 4.67. The van der Waals surface area contributed by atoms with E-state index < -0.39 is 0 Å². The number of rotatable bonds is 8. The van der Waals surface area contributed by atoms with Gasteiger partial charge in [-0.2, -0.15) is 5.26 Å². The van der Waals surface area contributed by atoms with E-state index in [9.17, 15) is 5.26 Å². The molecule has 0 aliphatic carbocycles. The summed E-state index contributed by atoms with van der Waals surface area (Å²) in [6.07, 6.45) is 4.68. The summed E-state index contributed by atoms with van der Waals surface area (Å²) in [5, 5.41) is 18.3. The Morgan fingerprint density at radius 2 is 2.19 bits per heavy atom. The molecule has 2 aromatic heterocycles. The van der Waals surface area contributed by atoms with Crippen LogP contribution in [-0.2, 0) is 12.2 Å². The van der Waals surface area contributed by atoms with Gasteiger partial charge >= 0.3 is 0 Å². The lowest BCUT2D eigenvalue weighted by Crippen LogP contribution is -2.21. The number of pyridine rings is 1. The highest BCUT2D eigenvalue weighted by Crippen LogP contribution is 2.44. The Hall–Kier alpha value is -3.44. The highest BCUT2D eigenvalue weighted by molar-refractivity contribution is 7.98. The average Bonchev–Trinajstić information content (AvgIpc) is 3.23. The third-order valence-electron chi connectivity index (χ3n) is 5.45. The van der Waals surface area contributed by atoms with Crippen LogP contribution < -0.4 is 15.2 Å². The minimum Gasteiger partial charge on any atom is -0.496 e. The van der Waals surface area contributed by atoms with Crippen molar-refractivity contribution in [1.82, 2.24) is 15.2 Å². The number of nitrogens with one attached hydrogen (secondary N) is 1. The minimum atomic E-state index is -0.348. The summed E-state index contributed by atoms with van der Waals surface area (Å²) in [4.78, 5) is 4.39. The molecule has 3 heterocycles. The maximum absolute atomic E-state index is 9.91. The summed E-state index contributed by atoms with van der Waals surface area (Å²) >= 11 is 1.63. The van der Waals surface area contributed by atoms with Crippen LogP contribution in [0.1, 0.15) is 48.1 Å². The summed E-state index contributed by atoms with van der Waals surface area (Å²) in [6.45, 7) is 2.14. The molecule has 8 heteroatoms. The SMILES string of the molecule is CCCCc1[nH]nc2c1C(c1ccc(OC)c(CSc3ccccn3)c1)C(C#N)=C(N)O2. The molecule has 0 saturated carbocycles. The van der Waals surface area contributed by atoms with Crippen molar-refractivity contribution < 1.29 is 9.47 Å². The molecule has 1 aliphatic heterocycles. The molecular formula is C24H25N5O2S. The van der Waals surface area contributed by atoms with Gasteiger partial charge in [0.05, 0.1) is 18.1 Å². The van der Waals surface area contributed by atoms with Gasteiger partial charge in [-0.15, -0.1) is 16.9 Å². The number of nitrogens with zero attached hydrogens (tertiary/aromatic N) is 3. The lowest BCUT2D eigenvalue weighted by molar-refractivity contribution is 0.378. The van der Waals surface area contributed by atoms with Crippen molar-refractivity contribution in [2.45, 2.75) is 42.9 Å². The molecule has 1 atom stereocenters. The van der Waals surface area contributed by atoms with E-state index in [0.717, 1.165) is 52.4 Å². The number of fused-ring (bicyclic) bond motifs is 1. The third kappa shape index (κ3) is 4.30. The zero-order chi connectivity index (χ0) is 22.5. The topological polar surface area (TPSA) is 110 Å². The number of H-pyrrole nitrogens is 1. The number of allylic oxidation sites excluding steroid dienone is 1.